The molecule has 0 fully saturated rings. The molecule has 58 valence electrons. The zero-order valence-corrected chi connectivity index (χ0v) is 6.72. The molecule has 3 heteroatoms. The maximum Gasteiger partial charge on any atom is 0.134 e. The van der Waals surface area contributed by atoms with Gasteiger partial charge in [0.2, 0.25) is 0 Å². The van der Waals surface area contributed by atoms with Crippen molar-refractivity contribution in [3.05, 3.63) is 12.8 Å². The summed E-state index contributed by atoms with van der Waals surface area (Å²) >= 11 is 0. The van der Waals surface area contributed by atoms with Crippen molar-refractivity contribution in [3.63, 3.8) is 0 Å². The van der Waals surface area contributed by atoms with Gasteiger partial charge in [0.25, 0.3) is 0 Å². The second-order valence-corrected chi connectivity index (χ2v) is 2.15. The first-order valence-electron chi connectivity index (χ1n) is 3.21. The number of amidine groups is 1. The molecule has 0 saturated heterocycles. The van der Waals surface area contributed by atoms with Gasteiger partial charge in [0.05, 0.1) is 0 Å². The van der Waals surface area contributed by atoms with Crippen LogP contribution in [0.4, 0.5) is 0 Å². The number of hydrogen-bond donors (Lipinski definition) is 1. The topological polar surface area (TPSA) is 33.6 Å². The second kappa shape index (κ2) is 4.85. The monoisotopic (exact) mass is 142 g/mol. The van der Waals surface area contributed by atoms with E-state index in [1.165, 1.54) is 6.26 Å². The van der Waals surface area contributed by atoms with Crippen molar-refractivity contribution < 1.29 is 4.84 Å². The summed E-state index contributed by atoms with van der Waals surface area (Å²) in [6.45, 7) is 7.45. The normalized spacial score (nSPS) is 11.4. The van der Waals surface area contributed by atoms with Gasteiger partial charge in [-0.3, -0.25) is 4.99 Å². The molecular weight excluding hydrogens is 128 g/mol. The van der Waals surface area contributed by atoms with Crippen LogP contribution in [0.5, 0.6) is 0 Å². The first-order valence-corrected chi connectivity index (χ1v) is 3.21. The van der Waals surface area contributed by atoms with Gasteiger partial charge in [-0.15, -0.1) is 0 Å². The standard InChI is InChI=1S/C7H14N2O/c1-5-10-9-7(8-4)6(2)3/h5-6H,1H2,2-4H3,(H,8,9). The van der Waals surface area contributed by atoms with Gasteiger partial charge in [0.1, 0.15) is 12.1 Å². The van der Waals surface area contributed by atoms with E-state index in [0.29, 0.717) is 5.92 Å². The molecule has 0 amide bonds. The summed E-state index contributed by atoms with van der Waals surface area (Å²) < 4.78 is 0. The Labute approximate surface area is 61.8 Å². The predicted octanol–water partition coefficient (Wildman–Crippen LogP) is 1.34. The van der Waals surface area contributed by atoms with E-state index < -0.39 is 0 Å². The molecule has 0 aliphatic heterocycles. The molecule has 0 spiro atoms. The molecule has 0 aromatic carbocycles. The van der Waals surface area contributed by atoms with E-state index in [2.05, 4.69) is 17.1 Å². The van der Waals surface area contributed by atoms with Gasteiger partial charge >= 0.3 is 0 Å². The maximum atomic E-state index is 4.73. The predicted molar refractivity (Wildman–Crippen MR) is 42.6 cm³/mol. The zero-order valence-electron chi connectivity index (χ0n) is 6.72. The van der Waals surface area contributed by atoms with Crippen molar-refractivity contribution in [1.82, 2.24) is 5.48 Å². The van der Waals surface area contributed by atoms with E-state index in [1.54, 1.807) is 7.05 Å². The fourth-order valence-electron chi connectivity index (χ4n) is 0.524. The molecule has 0 radical (unpaired) electrons. The third-order valence-corrected chi connectivity index (χ3v) is 1.03. The molecule has 0 heterocycles. The molecule has 0 atom stereocenters. The van der Waals surface area contributed by atoms with Gasteiger partial charge in [-0.05, 0) is 0 Å². The van der Waals surface area contributed by atoms with E-state index in [1.807, 2.05) is 13.8 Å². The molecule has 0 saturated carbocycles. The van der Waals surface area contributed by atoms with Crippen LogP contribution in [0.25, 0.3) is 0 Å². The summed E-state index contributed by atoms with van der Waals surface area (Å²) in [4.78, 5) is 8.69. The van der Waals surface area contributed by atoms with Crippen LogP contribution < -0.4 is 5.48 Å². The summed E-state index contributed by atoms with van der Waals surface area (Å²) in [5.74, 6) is 1.17. The van der Waals surface area contributed by atoms with E-state index in [-0.39, 0.29) is 0 Å². The van der Waals surface area contributed by atoms with Crippen LogP contribution in [0.3, 0.4) is 0 Å². The molecule has 0 aliphatic rings. The Morgan fingerprint density at radius 2 is 2.30 bits per heavy atom. The van der Waals surface area contributed by atoms with Gasteiger partial charge < -0.3 is 4.84 Å². The third kappa shape index (κ3) is 3.12. The minimum absolute atomic E-state index is 0.352. The average molecular weight is 142 g/mol. The smallest absolute Gasteiger partial charge is 0.134 e. The molecule has 0 bridgehead atoms. The largest absolute Gasteiger partial charge is 0.389 e. The number of hydrogen-bond acceptors (Lipinski definition) is 2. The Kier molecular flexibility index (Phi) is 4.37. The van der Waals surface area contributed by atoms with Crippen molar-refractivity contribution in [2.24, 2.45) is 10.9 Å². The fraction of sp³-hybridized carbons (Fsp3) is 0.571. The summed E-state index contributed by atoms with van der Waals surface area (Å²) in [6.07, 6.45) is 1.33. The summed E-state index contributed by atoms with van der Waals surface area (Å²) in [5, 5.41) is 0. The molecule has 0 rings (SSSR count). The van der Waals surface area contributed by atoms with Gasteiger partial charge in [-0.2, -0.15) is 0 Å². The van der Waals surface area contributed by atoms with Crippen molar-refractivity contribution in [3.8, 4) is 0 Å². The average Bonchev–Trinajstić information content (AvgIpc) is 1.89. The van der Waals surface area contributed by atoms with Crippen molar-refractivity contribution in [2.45, 2.75) is 13.8 Å². The number of nitrogens with one attached hydrogen (secondary N) is 1. The lowest BCUT2D eigenvalue weighted by Crippen LogP contribution is -2.26. The van der Waals surface area contributed by atoms with E-state index in [4.69, 9.17) is 4.84 Å². The highest BCUT2D eigenvalue weighted by molar-refractivity contribution is 5.82. The Morgan fingerprint density at radius 3 is 2.60 bits per heavy atom. The van der Waals surface area contributed by atoms with Crippen LogP contribution in [0, 0.1) is 5.92 Å². The van der Waals surface area contributed by atoms with Crippen LogP contribution in [0.15, 0.2) is 17.8 Å². The van der Waals surface area contributed by atoms with Gasteiger partial charge in [-0.1, -0.05) is 20.4 Å². The Bertz CT molecular complexity index is 130. The molecule has 0 aromatic rings. The summed E-state index contributed by atoms with van der Waals surface area (Å²) in [7, 11) is 1.72. The van der Waals surface area contributed by atoms with Crippen LogP contribution in [0.2, 0.25) is 0 Å². The minimum Gasteiger partial charge on any atom is -0.389 e. The molecule has 10 heavy (non-hydrogen) atoms. The van der Waals surface area contributed by atoms with Gasteiger partial charge in [0.15, 0.2) is 0 Å². The second-order valence-electron chi connectivity index (χ2n) is 2.15. The fourth-order valence-corrected chi connectivity index (χ4v) is 0.524. The maximum absolute atomic E-state index is 4.73. The molecule has 0 aromatic heterocycles. The highest BCUT2D eigenvalue weighted by Gasteiger charge is 2.01. The van der Waals surface area contributed by atoms with Gasteiger partial charge in [0, 0.05) is 13.0 Å². The molecule has 0 unspecified atom stereocenters. The highest BCUT2D eigenvalue weighted by Crippen LogP contribution is 1.92. The summed E-state index contributed by atoms with van der Waals surface area (Å²) in [6, 6.07) is 0. The lowest BCUT2D eigenvalue weighted by molar-refractivity contribution is 0.190. The quantitative estimate of drug-likeness (QED) is 0.279. The number of hydroxylamine groups is 1. The Balaban J connectivity index is 3.73. The van der Waals surface area contributed by atoms with E-state index in [0.717, 1.165) is 5.84 Å². The molecular formula is C7H14N2O. The SMILES string of the molecule is C=CONC(=NC)C(C)C. The number of nitrogens with zero attached hydrogens (tertiary/aromatic N) is 1. The zero-order chi connectivity index (χ0) is 7.98. The molecule has 3 nitrogen and oxygen atoms in total. The van der Waals surface area contributed by atoms with Crippen LogP contribution in [-0.2, 0) is 4.84 Å². The van der Waals surface area contributed by atoms with E-state index in [9.17, 15) is 0 Å². The number of aliphatic imine (C=N–C) groups is 1. The van der Waals surface area contributed by atoms with E-state index >= 15 is 0 Å². The van der Waals surface area contributed by atoms with Crippen molar-refractivity contribution in [2.75, 3.05) is 7.05 Å². The molecule has 1 N–H and O–H groups in total. The number of rotatable bonds is 3. The summed E-state index contributed by atoms with van der Waals surface area (Å²) in [5.41, 5.74) is 2.65. The lowest BCUT2D eigenvalue weighted by atomic mass is 10.2. The van der Waals surface area contributed by atoms with Crippen molar-refractivity contribution >= 4 is 5.84 Å². The molecule has 0 aliphatic carbocycles. The Morgan fingerprint density at radius 1 is 1.70 bits per heavy atom. The van der Waals surface area contributed by atoms with Crippen molar-refractivity contribution in [1.29, 1.82) is 0 Å². The van der Waals surface area contributed by atoms with Gasteiger partial charge in [-0.25, -0.2) is 5.48 Å². The third-order valence-electron chi connectivity index (χ3n) is 1.03. The minimum atomic E-state index is 0.352. The first kappa shape index (κ1) is 9.01. The Hall–Kier alpha value is -0.990. The lowest BCUT2D eigenvalue weighted by Gasteiger charge is -2.09. The highest BCUT2D eigenvalue weighted by atomic mass is 16.6. The van der Waals surface area contributed by atoms with Crippen LogP contribution in [-0.4, -0.2) is 12.9 Å². The first-order chi connectivity index (χ1) is 4.72. The van der Waals surface area contributed by atoms with Crippen LogP contribution >= 0.6 is 0 Å². The van der Waals surface area contributed by atoms with Crippen LogP contribution in [0.1, 0.15) is 13.8 Å².